The number of nitrogens with one attached hydrogen (secondary N) is 1. The number of benzene rings is 1. The first-order valence-electron chi connectivity index (χ1n) is 3.76. The van der Waals surface area contributed by atoms with E-state index in [1.165, 1.54) is 0 Å². The summed E-state index contributed by atoms with van der Waals surface area (Å²) in [7, 11) is 0. The van der Waals surface area contributed by atoms with E-state index in [0.717, 1.165) is 16.8 Å². The topological polar surface area (TPSA) is 29.1 Å². The molecule has 1 heterocycles. The second-order valence-electron chi connectivity index (χ2n) is 2.93. The van der Waals surface area contributed by atoms with Gasteiger partial charge in [0.05, 0.1) is 6.42 Å². The molecule has 0 fully saturated rings. The van der Waals surface area contributed by atoms with Crippen LogP contribution in [0, 0.1) is 6.92 Å². The lowest BCUT2D eigenvalue weighted by Crippen LogP contribution is -2.04. The van der Waals surface area contributed by atoms with Gasteiger partial charge in [-0.05, 0) is 24.1 Å². The first kappa shape index (κ1) is 7.62. The van der Waals surface area contributed by atoms with E-state index in [2.05, 4.69) is 5.32 Å². The highest BCUT2D eigenvalue weighted by Gasteiger charge is 2.19. The molecule has 0 radical (unpaired) electrons. The Bertz CT molecular complexity index is 360. The van der Waals surface area contributed by atoms with E-state index in [1.54, 1.807) is 0 Å². The Morgan fingerprint density at radius 3 is 3.00 bits per heavy atom. The molecule has 0 aromatic heterocycles. The largest absolute Gasteiger partial charge is 0.325 e. The number of hydrogen-bond donors (Lipinski definition) is 1. The van der Waals surface area contributed by atoms with Crippen molar-refractivity contribution in [1.82, 2.24) is 0 Å². The van der Waals surface area contributed by atoms with Crippen LogP contribution in [0.2, 0.25) is 5.02 Å². The minimum absolute atomic E-state index is 0.0513. The van der Waals surface area contributed by atoms with E-state index < -0.39 is 0 Å². The Kier molecular flexibility index (Phi) is 1.58. The predicted molar refractivity (Wildman–Crippen MR) is 48.5 cm³/mol. The monoisotopic (exact) mass is 181 g/mol. The molecule has 2 nitrogen and oxygen atoms in total. The minimum Gasteiger partial charge on any atom is -0.325 e. The lowest BCUT2D eigenvalue weighted by Gasteiger charge is -2.04. The number of anilines is 1. The molecule has 0 saturated carbocycles. The highest BCUT2D eigenvalue weighted by Crippen LogP contribution is 2.31. The van der Waals surface area contributed by atoms with E-state index in [-0.39, 0.29) is 5.91 Å². The van der Waals surface area contributed by atoms with Crippen molar-refractivity contribution < 1.29 is 4.79 Å². The maximum atomic E-state index is 11.0. The van der Waals surface area contributed by atoms with Gasteiger partial charge in [-0.1, -0.05) is 17.7 Å². The van der Waals surface area contributed by atoms with Crippen molar-refractivity contribution in [3.05, 3.63) is 28.3 Å². The van der Waals surface area contributed by atoms with Crippen LogP contribution in [0.5, 0.6) is 0 Å². The molecule has 1 aliphatic rings. The summed E-state index contributed by atoms with van der Waals surface area (Å²) in [6, 6.07) is 3.72. The fourth-order valence-corrected chi connectivity index (χ4v) is 1.58. The number of hydrogen-bond acceptors (Lipinski definition) is 1. The van der Waals surface area contributed by atoms with Gasteiger partial charge in [0.15, 0.2) is 0 Å². The Labute approximate surface area is 75.5 Å². The Morgan fingerprint density at radius 2 is 2.25 bits per heavy atom. The molecule has 0 aliphatic carbocycles. The van der Waals surface area contributed by atoms with Crippen LogP contribution in [0.15, 0.2) is 12.1 Å². The molecule has 0 unspecified atom stereocenters. The van der Waals surface area contributed by atoms with Gasteiger partial charge in [-0.2, -0.15) is 0 Å². The molecular formula is C9H8ClNO. The van der Waals surface area contributed by atoms with Gasteiger partial charge in [0.25, 0.3) is 0 Å². The highest BCUT2D eigenvalue weighted by molar-refractivity contribution is 6.32. The average molecular weight is 182 g/mol. The number of carbonyl (C=O) groups is 1. The molecule has 1 amide bonds. The van der Waals surface area contributed by atoms with Crippen LogP contribution < -0.4 is 5.32 Å². The highest BCUT2D eigenvalue weighted by atomic mass is 35.5. The molecule has 62 valence electrons. The molecule has 2 rings (SSSR count). The first-order chi connectivity index (χ1) is 5.68. The van der Waals surface area contributed by atoms with Crippen molar-refractivity contribution in [3.63, 3.8) is 0 Å². The summed E-state index contributed by atoms with van der Waals surface area (Å²) < 4.78 is 0. The fraction of sp³-hybridized carbons (Fsp3) is 0.222. The van der Waals surface area contributed by atoms with E-state index in [0.29, 0.717) is 11.4 Å². The van der Waals surface area contributed by atoms with Crippen molar-refractivity contribution >= 4 is 23.2 Å². The lowest BCUT2D eigenvalue weighted by molar-refractivity contribution is -0.115. The number of amides is 1. The van der Waals surface area contributed by atoms with E-state index in [4.69, 9.17) is 11.6 Å². The van der Waals surface area contributed by atoms with Crippen molar-refractivity contribution in [2.75, 3.05) is 5.32 Å². The van der Waals surface area contributed by atoms with Crippen LogP contribution in [-0.2, 0) is 11.2 Å². The van der Waals surface area contributed by atoms with Crippen LogP contribution >= 0.6 is 11.6 Å². The average Bonchev–Trinajstić information content (AvgIpc) is 2.39. The van der Waals surface area contributed by atoms with Crippen LogP contribution in [0.25, 0.3) is 0 Å². The van der Waals surface area contributed by atoms with Gasteiger partial charge in [-0.3, -0.25) is 4.79 Å². The first-order valence-corrected chi connectivity index (χ1v) is 4.14. The van der Waals surface area contributed by atoms with E-state index >= 15 is 0 Å². The molecular weight excluding hydrogens is 174 g/mol. The summed E-state index contributed by atoms with van der Waals surface area (Å²) in [6.07, 6.45) is 0.480. The summed E-state index contributed by atoms with van der Waals surface area (Å²) >= 11 is 5.89. The van der Waals surface area contributed by atoms with Gasteiger partial charge >= 0.3 is 0 Å². The van der Waals surface area contributed by atoms with Gasteiger partial charge in [-0.15, -0.1) is 0 Å². The van der Waals surface area contributed by atoms with Crippen LogP contribution in [0.3, 0.4) is 0 Å². The zero-order valence-corrected chi connectivity index (χ0v) is 7.40. The Hall–Kier alpha value is -1.02. The summed E-state index contributed by atoms with van der Waals surface area (Å²) in [5.41, 5.74) is 2.90. The van der Waals surface area contributed by atoms with Gasteiger partial charge in [-0.25, -0.2) is 0 Å². The quantitative estimate of drug-likeness (QED) is 0.653. The molecule has 1 aliphatic heterocycles. The van der Waals surface area contributed by atoms with Crippen molar-refractivity contribution in [1.29, 1.82) is 0 Å². The molecule has 0 atom stereocenters. The van der Waals surface area contributed by atoms with Gasteiger partial charge in [0.2, 0.25) is 5.91 Å². The standard InChI is InChI=1S/C9H8ClNO/c1-5-7(10)3-2-6-4-8(12)11-9(5)6/h2-3H,4H2,1H3,(H,11,12). The summed E-state index contributed by atoms with van der Waals surface area (Å²) in [6.45, 7) is 1.91. The Morgan fingerprint density at radius 1 is 1.50 bits per heavy atom. The van der Waals surface area contributed by atoms with E-state index in [9.17, 15) is 4.79 Å². The zero-order valence-electron chi connectivity index (χ0n) is 6.65. The number of carbonyl (C=O) groups excluding carboxylic acids is 1. The van der Waals surface area contributed by atoms with Crippen molar-refractivity contribution in [2.24, 2.45) is 0 Å². The zero-order chi connectivity index (χ0) is 8.72. The lowest BCUT2D eigenvalue weighted by atomic mass is 10.1. The number of halogens is 1. The summed E-state index contributed by atoms with van der Waals surface area (Å²) in [5.74, 6) is 0.0513. The molecule has 12 heavy (non-hydrogen) atoms. The van der Waals surface area contributed by atoms with Gasteiger partial charge in [0.1, 0.15) is 0 Å². The second-order valence-corrected chi connectivity index (χ2v) is 3.34. The Balaban J connectivity index is 2.61. The van der Waals surface area contributed by atoms with E-state index in [1.807, 2.05) is 19.1 Å². The smallest absolute Gasteiger partial charge is 0.228 e. The third-order valence-electron chi connectivity index (χ3n) is 2.10. The third kappa shape index (κ3) is 0.994. The minimum atomic E-state index is 0.0513. The third-order valence-corrected chi connectivity index (χ3v) is 2.51. The van der Waals surface area contributed by atoms with Crippen LogP contribution in [0.4, 0.5) is 5.69 Å². The molecule has 0 spiro atoms. The number of rotatable bonds is 0. The van der Waals surface area contributed by atoms with Crippen molar-refractivity contribution in [3.8, 4) is 0 Å². The molecule has 1 aromatic carbocycles. The SMILES string of the molecule is Cc1c(Cl)ccc2c1NC(=O)C2. The van der Waals surface area contributed by atoms with Gasteiger partial charge < -0.3 is 5.32 Å². The van der Waals surface area contributed by atoms with Crippen LogP contribution in [-0.4, -0.2) is 5.91 Å². The summed E-state index contributed by atoms with van der Waals surface area (Å²) in [4.78, 5) is 11.0. The normalized spacial score (nSPS) is 14.3. The molecule has 1 N–H and O–H groups in total. The van der Waals surface area contributed by atoms with Crippen LogP contribution in [0.1, 0.15) is 11.1 Å². The predicted octanol–water partition coefficient (Wildman–Crippen LogP) is 2.14. The number of fused-ring (bicyclic) bond motifs is 1. The second kappa shape index (κ2) is 2.49. The molecule has 0 saturated heterocycles. The maximum absolute atomic E-state index is 11.0. The van der Waals surface area contributed by atoms with Crippen molar-refractivity contribution in [2.45, 2.75) is 13.3 Å². The fourth-order valence-electron chi connectivity index (χ4n) is 1.42. The summed E-state index contributed by atoms with van der Waals surface area (Å²) in [5, 5.41) is 3.49. The maximum Gasteiger partial charge on any atom is 0.228 e. The molecule has 1 aromatic rings. The molecule has 0 bridgehead atoms. The van der Waals surface area contributed by atoms with Gasteiger partial charge in [0, 0.05) is 10.7 Å². The molecule has 3 heteroatoms.